The predicted molar refractivity (Wildman–Crippen MR) is 109 cm³/mol. The average molecular weight is 407 g/mol. The minimum Gasteiger partial charge on any atom is -0.358 e. The second-order valence-corrected chi connectivity index (χ2v) is 7.04. The zero-order valence-electron chi connectivity index (χ0n) is 14.2. The van der Waals surface area contributed by atoms with Crippen LogP contribution in [0.1, 0.15) is 25.0 Å². The van der Waals surface area contributed by atoms with Gasteiger partial charge in [-0.05, 0) is 49.8 Å². The normalized spacial score (nSPS) is 10.7. The number of hydrogen-bond donors (Lipinski definition) is 3. The van der Waals surface area contributed by atoms with Gasteiger partial charge in [-0.15, -0.1) is 0 Å². The number of anilines is 1. The molecule has 2 aromatic rings. The topological polar surface area (TPSA) is 28.5 Å². The van der Waals surface area contributed by atoms with Gasteiger partial charge in [0.05, 0.1) is 13.1 Å². The highest BCUT2D eigenvalue weighted by atomic mass is 79.9. The van der Waals surface area contributed by atoms with Gasteiger partial charge >= 0.3 is 0 Å². The second-order valence-electron chi connectivity index (χ2n) is 5.72. The van der Waals surface area contributed by atoms with Crippen LogP contribution in [0, 0.1) is 0 Å². The first kappa shape index (κ1) is 18.9. The predicted octanol–water partition coefficient (Wildman–Crippen LogP) is 3.36. The molecule has 0 radical (unpaired) electrons. The molecule has 0 amide bonds. The van der Waals surface area contributed by atoms with Crippen LogP contribution in [-0.2, 0) is 13.1 Å². The molecule has 0 aromatic heterocycles. The molecule has 0 unspecified atom stereocenters. The molecular weight excluding hydrogens is 382 g/mol. The quantitative estimate of drug-likeness (QED) is 0.615. The molecule has 0 aliphatic rings. The van der Waals surface area contributed by atoms with E-state index in [0.29, 0.717) is 5.11 Å². The van der Waals surface area contributed by atoms with Crippen molar-refractivity contribution in [3.63, 3.8) is 0 Å². The molecule has 3 N–H and O–H groups in total. The molecule has 0 fully saturated rings. The lowest BCUT2D eigenvalue weighted by atomic mass is 10.1. The number of thiocarbonyl (C=S) groups is 1. The van der Waals surface area contributed by atoms with Crippen LogP contribution in [0.25, 0.3) is 0 Å². The fraction of sp³-hybridized carbons (Fsp3) is 0.316. The molecule has 2 aromatic carbocycles. The number of benzene rings is 2. The highest BCUT2D eigenvalue weighted by Crippen LogP contribution is 2.15. The Morgan fingerprint density at radius 3 is 2.42 bits per heavy atom. The van der Waals surface area contributed by atoms with E-state index in [0.717, 1.165) is 36.3 Å². The van der Waals surface area contributed by atoms with Crippen molar-refractivity contribution in [3.05, 3.63) is 64.1 Å². The SMILES string of the molecule is CC[NH+](CC)Cc1ccccc1CNC(=S)Nc1cccc(Br)c1. The van der Waals surface area contributed by atoms with Crippen molar-refractivity contribution in [2.45, 2.75) is 26.9 Å². The summed E-state index contributed by atoms with van der Waals surface area (Å²) in [6, 6.07) is 16.6. The Balaban J connectivity index is 1.95. The van der Waals surface area contributed by atoms with Crippen LogP contribution in [0.2, 0.25) is 0 Å². The first-order valence-corrected chi connectivity index (χ1v) is 9.53. The highest BCUT2D eigenvalue weighted by molar-refractivity contribution is 9.10. The molecule has 24 heavy (non-hydrogen) atoms. The summed E-state index contributed by atoms with van der Waals surface area (Å²) in [5.74, 6) is 0. The molecule has 0 saturated carbocycles. The molecule has 128 valence electrons. The second kappa shape index (κ2) is 9.77. The summed E-state index contributed by atoms with van der Waals surface area (Å²) in [7, 11) is 0. The number of quaternary nitrogens is 1. The van der Waals surface area contributed by atoms with E-state index < -0.39 is 0 Å². The molecule has 0 saturated heterocycles. The number of halogens is 1. The van der Waals surface area contributed by atoms with Gasteiger partial charge < -0.3 is 15.5 Å². The van der Waals surface area contributed by atoms with Crippen molar-refractivity contribution in [1.82, 2.24) is 5.32 Å². The van der Waals surface area contributed by atoms with Crippen molar-refractivity contribution in [1.29, 1.82) is 0 Å². The molecule has 0 spiro atoms. The zero-order chi connectivity index (χ0) is 17.4. The summed E-state index contributed by atoms with van der Waals surface area (Å²) < 4.78 is 1.03. The summed E-state index contributed by atoms with van der Waals surface area (Å²) >= 11 is 8.88. The van der Waals surface area contributed by atoms with Crippen LogP contribution in [0.5, 0.6) is 0 Å². The van der Waals surface area contributed by atoms with Crippen molar-refractivity contribution in [2.75, 3.05) is 18.4 Å². The van der Waals surface area contributed by atoms with E-state index in [4.69, 9.17) is 12.2 Å². The average Bonchev–Trinajstić information content (AvgIpc) is 2.58. The van der Waals surface area contributed by atoms with Gasteiger partial charge in [0.2, 0.25) is 0 Å². The Labute approximate surface area is 158 Å². The van der Waals surface area contributed by atoms with E-state index in [1.807, 2.05) is 24.3 Å². The molecule has 5 heteroatoms. The van der Waals surface area contributed by atoms with Crippen LogP contribution >= 0.6 is 28.1 Å². The van der Waals surface area contributed by atoms with Gasteiger partial charge in [0.25, 0.3) is 0 Å². The Kier molecular flexibility index (Phi) is 7.69. The minimum absolute atomic E-state index is 0.637. The van der Waals surface area contributed by atoms with Crippen molar-refractivity contribution in [2.24, 2.45) is 0 Å². The molecule has 0 heterocycles. The van der Waals surface area contributed by atoms with Crippen LogP contribution < -0.4 is 15.5 Å². The van der Waals surface area contributed by atoms with Gasteiger partial charge in [-0.1, -0.05) is 46.3 Å². The first-order valence-electron chi connectivity index (χ1n) is 8.33. The first-order chi connectivity index (χ1) is 11.6. The molecule has 3 nitrogen and oxygen atoms in total. The zero-order valence-corrected chi connectivity index (χ0v) is 16.6. The summed E-state index contributed by atoms with van der Waals surface area (Å²) in [6.07, 6.45) is 0. The molecule has 0 atom stereocenters. The summed E-state index contributed by atoms with van der Waals surface area (Å²) in [6.45, 7) is 8.53. The smallest absolute Gasteiger partial charge is 0.171 e. The fourth-order valence-electron chi connectivity index (χ4n) is 2.59. The molecule has 0 aliphatic carbocycles. The van der Waals surface area contributed by atoms with E-state index in [1.165, 1.54) is 11.1 Å². The van der Waals surface area contributed by atoms with Crippen molar-refractivity contribution >= 4 is 38.9 Å². The standard InChI is InChI=1S/C19H24BrN3S/c1-3-23(4-2)14-16-9-6-5-8-15(16)13-21-19(24)22-18-11-7-10-17(20)12-18/h5-12H,3-4,13-14H2,1-2H3,(H2,21,22,24)/p+1. The number of nitrogens with one attached hydrogen (secondary N) is 3. The summed E-state index contributed by atoms with van der Waals surface area (Å²) in [4.78, 5) is 1.58. The van der Waals surface area contributed by atoms with Crippen LogP contribution in [-0.4, -0.2) is 18.2 Å². The van der Waals surface area contributed by atoms with Gasteiger partial charge in [-0.25, -0.2) is 0 Å². The molecule has 2 rings (SSSR count). The Morgan fingerprint density at radius 1 is 1.04 bits per heavy atom. The van der Waals surface area contributed by atoms with Crippen molar-refractivity contribution < 1.29 is 4.90 Å². The third kappa shape index (κ3) is 5.89. The van der Waals surface area contributed by atoms with Gasteiger partial charge in [0.1, 0.15) is 6.54 Å². The van der Waals surface area contributed by atoms with E-state index in [2.05, 4.69) is 64.7 Å². The molecular formula is C19H25BrN3S+. The largest absolute Gasteiger partial charge is 0.358 e. The third-order valence-electron chi connectivity index (χ3n) is 4.08. The lowest BCUT2D eigenvalue weighted by Gasteiger charge is -2.18. The maximum atomic E-state index is 5.41. The minimum atomic E-state index is 0.637. The Morgan fingerprint density at radius 2 is 1.75 bits per heavy atom. The summed E-state index contributed by atoms with van der Waals surface area (Å²) in [5, 5.41) is 7.17. The number of hydrogen-bond acceptors (Lipinski definition) is 1. The third-order valence-corrected chi connectivity index (χ3v) is 4.82. The maximum absolute atomic E-state index is 5.41. The monoisotopic (exact) mass is 406 g/mol. The van der Waals surface area contributed by atoms with Crippen molar-refractivity contribution in [3.8, 4) is 0 Å². The Hall–Kier alpha value is -1.43. The van der Waals surface area contributed by atoms with Crippen LogP contribution in [0.4, 0.5) is 5.69 Å². The lowest BCUT2D eigenvalue weighted by molar-refractivity contribution is -0.910. The van der Waals surface area contributed by atoms with E-state index in [-0.39, 0.29) is 0 Å². The Bertz CT molecular complexity index is 671. The van der Waals surface area contributed by atoms with Gasteiger partial charge in [0.15, 0.2) is 5.11 Å². The van der Waals surface area contributed by atoms with Gasteiger partial charge in [0, 0.05) is 22.3 Å². The molecule has 0 aliphatic heterocycles. The highest BCUT2D eigenvalue weighted by Gasteiger charge is 2.09. The fourth-order valence-corrected chi connectivity index (χ4v) is 3.18. The lowest BCUT2D eigenvalue weighted by Crippen LogP contribution is -3.10. The van der Waals surface area contributed by atoms with E-state index >= 15 is 0 Å². The van der Waals surface area contributed by atoms with Gasteiger partial charge in [-0.2, -0.15) is 0 Å². The summed E-state index contributed by atoms with van der Waals surface area (Å²) in [5.41, 5.74) is 3.66. The van der Waals surface area contributed by atoms with E-state index in [9.17, 15) is 0 Å². The van der Waals surface area contributed by atoms with Crippen LogP contribution in [0.15, 0.2) is 53.0 Å². The van der Waals surface area contributed by atoms with E-state index in [1.54, 1.807) is 4.90 Å². The van der Waals surface area contributed by atoms with Crippen LogP contribution in [0.3, 0.4) is 0 Å². The number of rotatable bonds is 7. The maximum Gasteiger partial charge on any atom is 0.171 e. The van der Waals surface area contributed by atoms with Gasteiger partial charge in [-0.3, -0.25) is 0 Å². The molecule has 0 bridgehead atoms.